The zero-order valence-electron chi connectivity index (χ0n) is 9.53. The fourth-order valence-electron chi connectivity index (χ4n) is 2.06. The van der Waals surface area contributed by atoms with Gasteiger partial charge in [-0.3, -0.25) is 0 Å². The monoisotopic (exact) mass is 244 g/mol. The number of benzene rings is 2. The summed E-state index contributed by atoms with van der Waals surface area (Å²) in [4.78, 5) is 0. The Labute approximate surface area is 108 Å². The van der Waals surface area contributed by atoms with Gasteiger partial charge in [0.15, 0.2) is 0 Å². The first kappa shape index (κ1) is 12.2. The molecule has 88 valence electrons. The molecule has 0 aliphatic rings. The third kappa shape index (κ3) is 2.90. The van der Waals surface area contributed by atoms with Crippen LogP contribution in [0.3, 0.4) is 0 Å². The van der Waals surface area contributed by atoms with Gasteiger partial charge in [0.05, 0.1) is 6.10 Å². The van der Waals surface area contributed by atoms with E-state index in [-0.39, 0.29) is 5.92 Å². The lowest BCUT2D eigenvalue weighted by molar-refractivity contribution is 0.181. The molecule has 0 saturated carbocycles. The maximum absolute atomic E-state index is 10.1. The van der Waals surface area contributed by atoms with Crippen LogP contribution in [0.15, 0.2) is 60.7 Å². The molecule has 0 radical (unpaired) electrons. The largest absolute Gasteiger partial charge is 0.391 e. The molecule has 2 aromatic rings. The molecule has 2 heteroatoms. The Balaban J connectivity index is 2.39. The first-order valence-corrected chi connectivity index (χ1v) is 6.35. The molecule has 17 heavy (non-hydrogen) atoms. The molecule has 1 nitrogen and oxygen atoms in total. The molecule has 2 rings (SSSR count). The van der Waals surface area contributed by atoms with Gasteiger partial charge in [0, 0.05) is 11.7 Å². The van der Waals surface area contributed by atoms with Crippen LogP contribution < -0.4 is 0 Å². The lowest BCUT2D eigenvalue weighted by atomic mass is 9.87. The second kappa shape index (κ2) is 5.89. The van der Waals surface area contributed by atoms with Gasteiger partial charge in [0.1, 0.15) is 0 Å². The first-order valence-electron chi connectivity index (χ1n) is 5.71. The predicted molar refractivity (Wildman–Crippen MR) is 74.6 cm³/mol. The highest BCUT2D eigenvalue weighted by Gasteiger charge is 2.21. The molecule has 0 amide bonds. The second-order valence-corrected chi connectivity index (χ2v) is 4.41. The van der Waals surface area contributed by atoms with Crippen LogP contribution in [0.4, 0.5) is 0 Å². The highest BCUT2D eigenvalue weighted by molar-refractivity contribution is 7.80. The Kier molecular flexibility index (Phi) is 4.24. The van der Waals surface area contributed by atoms with Gasteiger partial charge < -0.3 is 5.11 Å². The van der Waals surface area contributed by atoms with Crippen LogP contribution in [0.5, 0.6) is 0 Å². The molecule has 0 aromatic heterocycles. The second-order valence-electron chi connectivity index (χ2n) is 4.05. The van der Waals surface area contributed by atoms with E-state index < -0.39 is 6.10 Å². The fraction of sp³-hybridized carbons (Fsp3) is 0.200. The molecular formula is C15H16OS. The number of aliphatic hydroxyl groups excluding tert-OH is 1. The standard InChI is InChI=1S/C15H16OS/c16-14(11-17)15(12-7-3-1-4-8-12)13-9-5-2-6-10-13/h1-10,14-17H,11H2. The van der Waals surface area contributed by atoms with Gasteiger partial charge in [-0.2, -0.15) is 12.6 Å². The van der Waals surface area contributed by atoms with E-state index in [1.807, 2.05) is 60.7 Å². The molecular weight excluding hydrogens is 228 g/mol. The van der Waals surface area contributed by atoms with E-state index in [4.69, 9.17) is 0 Å². The third-order valence-corrected chi connectivity index (χ3v) is 3.26. The van der Waals surface area contributed by atoms with Gasteiger partial charge in [-0.1, -0.05) is 60.7 Å². The summed E-state index contributed by atoms with van der Waals surface area (Å²) in [5.41, 5.74) is 2.25. The third-order valence-electron chi connectivity index (χ3n) is 2.89. The maximum atomic E-state index is 10.1. The summed E-state index contributed by atoms with van der Waals surface area (Å²) in [6.45, 7) is 0. The van der Waals surface area contributed by atoms with Gasteiger partial charge in [0.2, 0.25) is 0 Å². The molecule has 0 aliphatic heterocycles. The van der Waals surface area contributed by atoms with Crippen molar-refractivity contribution in [1.29, 1.82) is 0 Å². The van der Waals surface area contributed by atoms with Gasteiger partial charge in [-0.15, -0.1) is 0 Å². The smallest absolute Gasteiger partial charge is 0.0737 e. The van der Waals surface area contributed by atoms with Gasteiger partial charge >= 0.3 is 0 Å². The molecule has 0 saturated heterocycles. The Hall–Kier alpha value is -1.25. The molecule has 0 bridgehead atoms. The normalized spacial score (nSPS) is 12.6. The van der Waals surface area contributed by atoms with Gasteiger partial charge in [-0.25, -0.2) is 0 Å². The first-order chi connectivity index (χ1) is 8.33. The van der Waals surface area contributed by atoms with Gasteiger partial charge in [-0.05, 0) is 11.1 Å². The summed E-state index contributed by atoms with van der Waals surface area (Å²) in [7, 11) is 0. The van der Waals surface area contributed by atoms with E-state index in [1.54, 1.807) is 0 Å². The topological polar surface area (TPSA) is 20.2 Å². The van der Waals surface area contributed by atoms with E-state index >= 15 is 0 Å². The summed E-state index contributed by atoms with van der Waals surface area (Å²) >= 11 is 4.21. The summed E-state index contributed by atoms with van der Waals surface area (Å²) in [5.74, 6) is 0.448. The Morgan fingerprint density at radius 3 is 1.59 bits per heavy atom. The molecule has 1 N–H and O–H groups in total. The maximum Gasteiger partial charge on any atom is 0.0737 e. The minimum absolute atomic E-state index is 0.00472. The summed E-state index contributed by atoms with van der Waals surface area (Å²) in [5, 5.41) is 10.1. The number of hydrogen-bond acceptors (Lipinski definition) is 2. The van der Waals surface area contributed by atoms with E-state index in [2.05, 4.69) is 12.6 Å². The minimum atomic E-state index is -0.469. The quantitative estimate of drug-likeness (QED) is 0.792. The van der Waals surface area contributed by atoms with Crippen molar-refractivity contribution in [2.45, 2.75) is 12.0 Å². The van der Waals surface area contributed by atoms with Crippen molar-refractivity contribution in [2.75, 3.05) is 5.75 Å². The summed E-state index contributed by atoms with van der Waals surface area (Å²) < 4.78 is 0. The average Bonchev–Trinajstić information content (AvgIpc) is 2.41. The molecule has 1 unspecified atom stereocenters. The predicted octanol–water partition coefficient (Wildman–Crippen LogP) is 3.11. The van der Waals surface area contributed by atoms with Crippen LogP contribution in [0, 0.1) is 0 Å². The molecule has 0 spiro atoms. The lowest BCUT2D eigenvalue weighted by Gasteiger charge is -2.22. The van der Waals surface area contributed by atoms with Crippen LogP contribution in [-0.2, 0) is 0 Å². The summed E-state index contributed by atoms with van der Waals surface area (Å²) in [6.07, 6.45) is -0.469. The van der Waals surface area contributed by atoms with Crippen LogP contribution in [0.2, 0.25) is 0 Å². The molecule has 2 aromatic carbocycles. The van der Waals surface area contributed by atoms with Crippen LogP contribution in [0.1, 0.15) is 17.0 Å². The Bertz CT molecular complexity index is 401. The van der Waals surface area contributed by atoms with E-state index in [0.29, 0.717) is 5.75 Å². The number of hydrogen-bond donors (Lipinski definition) is 2. The molecule has 0 aliphatic carbocycles. The lowest BCUT2D eigenvalue weighted by Crippen LogP contribution is -2.21. The van der Waals surface area contributed by atoms with Crippen molar-refractivity contribution in [1.82, 2.24) is 0 Å². The Morgan fingerprint density at radius 2 is 1.24 bits per heavy atom. The van der Waals surface area contributed by atoms with Crippen molar-refractivity contribution < 1.29 is 5.11 Å². The van der Waals surface area contributed by atoms with E-state index in [1.165, 1.54) is 0 Å². The van der Waals surface area contributed by atoms with Crippen molar-refractivity contribution in [3.05, 3.63) is 71.8 Å². The number of thiol groups is 1. The SMILES string of the molecule is OC(CS)C(c1ccccc1)c1ccccc1. The zero-order valence-corrected chi connectivity index (χ0v) is 10.4. The molecule has 0 fully saturated rings. The Morgan fingerprint density at radius 1 is 0.824 bits per heavy atom. The van der Waals surface area contributed by atoms with Crippen molar-refractivity contribution in [3.8, 4) is 0 Å². The molecule has 0 heterocycles. The number of rotatable bonds is 4. The minimum Gasteiger partial charge on any atom is -0.391 e. The fourth-order valence-corrected chi connectivity index (χ4v) is 2.27. The van der Waals surface area contributed by atoms with Crippen molar-refractivity contribution in [3.63, 3.8) is 0 Å². The van der Waals surface area contributed by atoms with Crippen LogP contribution >= 0.6 is 12.6 Å². The van der Waals surface area contributed by atoms with E-state index in [0.717, 1.165) is 11.1 Å². The van der Waals surface area contributed by atoms with Crippen LogP contribution in [-0.4, -0.2) is 17.0 Å². The molecule has 1 atom stereocenters. The average molecular weight is 244 g/mol. The van der Waals surface area contributed by atoms with E-state index in [9.17, 15) is 5.11 Å². The highest BCUT2D eigenvalue weighted by Crippen LogP contribution is 2.28. The van der Waals surface area contributed by atoms with Crippen molar-refractivity contribution in [2.24, 2.45) is 0 Å². The van der Waals surface area contributed by atoms with Crippen LogP contribution in [0.25, 0.3) is 0 Å². The zero-order chi connectivity index (χ0) is 12.1. The van der Waals surface area contributed by atoms with Gasteiger partial charge in [0.25, 0.3) is 0 Å². The number of aliphatic hydroxyl groups is 1. The summed E-state index contributed by atoms with van der Waals surface area (Å²) in [6, 6.07) is 20.1. The van der Waals surface area contributed by atoms with Crippen molar-refractivity contribution >= 4 is 12.6 Å². The highest BCUT2D eigenvalue weighted by atomic mass is 32.1.